The van der Waals surface area contributed by atoms with Gasteiger partial charge in [-0.25, -0.2) is 0 Å². The van der Waals surface area contributed by atoms with E-state index in [0.29, 0.717) is 5.92 Å². The van der Waals surface area contributed by atoms with Crippen LogP contribution in [0.3, 0.4) is 0 Å². The van der Waals surface area contributed by atoms with E-state index in [1.165, 1.54) is 0 Å². The first-order valence-electron chi connectivity index (χ1n) is 6.62. The van der Waals surface area contributed by atoms with Crippen LogP contribution >= 0.6 is 0 Å². The summed E-state index contributed by atoms with van der Waals surface area (Å²) in [5.74, 6) is 0.522. The lowest BCUT2D eigenvalue weighted by atomic mass is 9.90. The molecule has 2 rings (SSSR count). The highest BCUT2D eigenvalue weighted by Crippen LogP contribution is 2.17. The highest BCUT2D eigenvalue weighted by atomic mass is 16.2. The number of likely N-dealkylation sites (N-methyl/N-ethyl adjacent to an activating group) is 1. The fourth-order valence-corrected chi connectivity index (χ4v) is 2.64. The lowest BCUT2D eigenvalue weighted by molar-refractivity contribution is -0.135. The van der Waals surface area contributed by atoms with Crippen LogP contribution in [-0.4, -0.2) is 68.1 Å². The first kappa shape index (κ1) is 12.8. The maximum absolute atomic E-state index is 12.3. The standard InChI is InChI=1S/C12H24N4O/c1-15-6-8-16(9-7-15)12(17)11(13)10-2-4-14-5-3-10/h10-11,14H,2-9,13H2,1H3. The quantitative estimate of drug-likeness (QED) is 0.656. The van der Waals surface area contributed by atoms with Gasteiger partial charge in [0.2, 0.25) is 5.91 Å². The van der Waals surface area contributed by atoms with Crippen molar-refractivity contribution in [2.24, 2.45) is 11.7 Å². The van der Waals surface area contributed by atoms with Crippen LogP contribution < -0.4 is 11.1 Å². The molecule has 2 heterocycles. The molecule has 5 heteroatoms. The fraction of sp³-hybridized carbons (Fsp3) is 0.917. The van der Waals surface area contributed by atoms with E-state index < -0.39 is 0 Å². The molecule has 2 saturated heterocycles. The van der Waals surface area contributed by atoms with E-state index in [1.807, 2.05) is 4.90 Å². The van der Waals surface area contributed by atoms with Gasteiger partial charge in [-0.2, -0.15) is 0 Å². The Hall–Kier alpha value is -0.650. The van der Waals surface area contributed by atoms with Gasteiger partial charge in [0.15, 0.2) is 0 Å². The number of carbonyl (C=O) groups is 1. The Labute approximate surface area is 103 Å². The molecule has 17 heavy (non-hydrogen) atoms. The van der Waals surface area contributed by atoms with Gasteiger partial charge in [-0.1, -0.05) is 0 Å². The van der Waals surface area contributed by atoms with Gasteiger partial charge in [-0.15, -0.1) is 0 Å². The topological polar surface area (TPSA) is 61.6 Å². The molecule has 0 aromatic rings. The van der Waals surface area contributed by atoms with E-state index in [-0.39, 0.29) is 11.9 Å². The molecule has 0 aliphatic carbocycles. The van der Waals surface area contributed by atoms with Crippen molar-refractivity contribution < 1.29 is 4.79 Å². The van der Waals surface area contributed by atoms with E-state index in [0.717, 1.165) is 52.1 Å². The van der Waals surface area contributed by atoms with E-state index in [4.69, 9.17) is 5.73 Å². The predicted octanol–water partition coefficient (Wildman–Crippen LogP) is -0.913. The van der Waals surface area contributed by atoms with Crippen LogP contribution in [0.2, 0.25) is 0 Å². The Morgan fingerprint density at radius 2 is 1.82 bits per heavy atom. The number of carbonyl (C=O) groups excluding carboxylic acids is 1. The lowest BCUT2D eigenvalue weighted by Gasteiger charge is -2.36. The fourth-order valence-electron chi connectivity index (χ4n) is 2.64. The molecule has 0 spiro atoms. The van der Waals surface area contributed by atoms with Gasteiger partial charge in [-0.05, 0) is 38.9 Å². The third-order valence-electron chi connectivity index (χ3n) is 3.99. The minimum atomic E-state index is -0.291. The van der Waals surface area contributed by atoms with Crippen LogP contribution in [0.25, 0.3) is 0 Å². The van der Waals surface area contributed by atoms with E-state index in [1.54, 1.807) is 0 Å². The molecule has 1 atom stereocenters. The van der Waals surface area contributed by atoms with Crippen LogP contribution in [0.1, 0.15) is 12.8 Å². The van der Waals surface area contributed by atoms with Gasteiger partial charge >= 0.3 is 0 Å². The number of amides is 1. The summed E-state index contributed by atoms with van der Waals surface area (Å²) < 4.78 is 0. The van der Waals surface area contributed by atoms with E-state index in [2.05, 4.69) is 17.3 Å². The van der Waals surface area contributed by atoms with Crippen molar-refractivity contribution in [3.05, 3.63) is 0 Å². The Bertz CT molecular complexity index is 257. The van der Waals surface area contributed by atoms with Gasteiger partial charge in [-0.3, -0.25) is 4.79 Å². The molecule has 0 saturated carbocycles. The number of rotatable bonds is 2. The summed E-state index contributed by atoms with van der Waals surface area (Å²) in [4.78, 5) is 16.5. The molecule has 2 aliphatic rings. The second-order valence-corrected chi connectivity index (χ2v) is 5.24. The summed E-state index contributed by atoms with van der Waals surface area (Å²) in [6, 6.07) is -0.291. The summed E-state index contributed by atoms with van der Waals surface area (Å²) in [6.45, 7) is 5.57. The van der Waals surface area contributed by atoms with Crippen LogP contribution in [0.15, 0.2) is 0 Å². The highest BCUT2D eigenvalue weighted by Gasteiger charge is 2.30. The number of nitrogens with two attached hydrogens (primary N) is 1. The Morgan fingerprint density at radius 3 is 2.41 bits per heavy atom. The first-order valence-corrected chi connectivity index (χ1v) is 6.62. The van der Waals surface area contributed by atoms with Crippen molar-refractivity contribution in [1.82, 2.24) is 15.1 Å². The van der Waals surface area contributed by atoms with Gasteiger partial charge in [0, 0.05) is 26.2 Å². The van der Waals surface area contributed by atoms with Gasteiger partial charge in [0.25, 0.3) is 0 Å². The molecular formula is C12H24N4O. The largest absolute Gasteiger partial charge is 0.339 e. The molecule has 1 unspecified atom stereocenters. The van der Waals surface area contributed by atoms with Crippen LogP contribution in [0, 0.1) is 5.92 Å². The van der Waals surface area contributed by atoms with Crippen molar-refractivity contribution in [3.8, 4) is 0 Å². The van der Waals surface area contributed by atoms with Crippen LogP contribution in [-0.2, 0) is 4.79 Å². The zero-order valence-electron chi connectivity index (χ0n) is 10.7. The highest BCUT2D eigenvalue weighted by molar-refractivity contribution is 5.82. The summed E-state index contributed by atoms with van der Waals surface area (Å²) in [7, 11) is 2.09. The van der Waals surface area contributed by atoms with Crippen molar-refractivity contribution >= 4 is 5.91 Å². The zero-order chi connectivity index (χ0) is 12.3. The number of hydrogen-bond donors (Lipinski definition) is 2. The van der Waals surface area contributed by atoms with E-state index >= 15 is 0 Å². The Balaban J connectivity index is 1.85. The van der Waals surface area contributed by atoms with Gasteiger partial charge in [0.05, 0.1) is 6.04 Å². The molecule has 2 fully saturated rings. The second kappa shape index (κ2) is 5.80. The van der Waals surface area contributed by atoms with E-state index in [9.17, 15) is 4.79 Å². The average molecular weight is 240 g/mol. The van der Waals surface area contributed by atoms with Crippen LogP contribution in [0.4, 0.5) is 0 Å². The smallest absolute Gasteiger partial charge is 0.239 e. The van der Waals surface area contributed by atoms with Crippen molar-refractivity contribution in [3.63, 3.8) is 0 Å². The molecular weight excluding hydrogens is 216 g/mol. The number of nitrogens with one attached hydrogen (secondary N) is 1. The predicted molar refractivity (Wildman–Crippen MR) is 67.6 cm³/mol. The molecule has 98 valence electrons. The van der Waals surface area contributed by atoms with Crippen molar-refractivity contribution in [1.29, 1.82) is 0 Å². The van der Waals surface area contributed by atoms with Gasteiger partial charge < -0.3 is 20.9 Å². The Kier molecular flexibility index (Phi) is 4.36. The summed E-state index contributed by atoms with van der Waals surface area (Å²) in [5.41, 5.74) is 6.12. The first-order chi connectivity index (χ1) is 8.18. The average Bonchev–Trinajstić information content (AvgIpc) is 2.39. The summed E-state index contributed by atoms with van der Waals surface area (Å²) in [5, 5.41) is 3.31. The maximum Gasteiger partial charge on any atom is 0.239 e. The van der Waals surface area contributed by atoms with Crippen molar-refractivity contribution in [2.45, 2.75) is 18.9 Å². The number of hydrogen-bond acceptors (Lipinski definition) is 4. The third-order valence-corrected chi connectivity index (χ3v) is 3.99. The molecule has 0 bridgehead atoms. The summed E-state index contributed by atoms with van der Waals surface area (Å²) >= 11 is 0. The molecule has 1 amide bonds. The zero-order valence-corrected chi connectivity index (χ0v) is 10.7. The molecule has 0 aromatic heterocycles. The second-order valence-electron chi connectivity index (χ2n) is 5.24. The third kappa shape index (κ3) is 3.18. The Morgan fingerprint density at radius 1 is 1.24 bits per heavy atom. The molecule has 5 nitrogen and oxygen atoms in total. The molecule has 0 aromatic carbocycles. The maximum atomic E-state index is 12.3. The minimum Gasteiger partial charge on any atom is -0.339 e. The monoisotopic (exact) mass is 240 g/mol. The summed E-state index contributed by atoms with van der Waals surface area (Å²) in [6.07, 6.45) is 2.06. The van der Waals surface area contributed by atoms with Crippen molar-refractivity contribution in [2.75, 3.05) is 46.3 Å². The lowest BCUT2D eigenvalue weighted by Crippen LogP contribution is -2.55. The number of piperidine rings is 1. The normalized spacial score (nSPS) is 25.9. The molecule has 3 N–H and O–H groups in total. The number of nitrogens with zero attached hydrogens (tertiary/aromatic N) is 2. The SMILES string of the molecule is CN1CCN(C(=O)C(N)C2CCNCC2)CC1. The molecule has 2 aliphatic heterocycles. The minimum absolute atomic E-state index is 0.157. The number of piperazine rings is 1. The van der Waals surface area contributed by atoms with Crippen LogP contribution in [0.5, 0.6) is 0 Å². The molecule has 0 radical (unpaired) electrons. The van der Waals surface area contributed by atoms with Gasteiger partial charge in [0.1, 0.15) is 0 Å².